The lowest BCUT2D eigenvalue weighted by atomic mass is 10.0. The van der Waals surface area contributed by atoms with Gasteiger partial charge in [0.05, 0.1) is 40.3 Å². The minimum Gasteiger partial charge on any atom is -0.545 e. The molecule has 86 heavy (non-hydrogen) atoms. The Balaban J connectivity index is 3.97. The molecule has 0 aromatic carbocycles. The number of hydrogen-bond donors (Lipinski definition) is 0. The first kappa shape index (κ1) is 83.8. The molecule has 0 saturated heterocycles. The number of likely N-dealkylation sites (N-methyl/N-ethyl adjacent to an activating group) is 1. The van der Waals surface area contributed by atoms with Crippen LogP contribution in [-0.2, 0) is 33.3 Å². The summed E-state index contributed by atoms with van der Waals surface area (Å²) in [6.07, 6.45) is 82.9. The van der Waals surface area contributed by atoms with Crippen LogP contribution in [0, 0.1) is 0 Å². The third-order valence-corrected chi connectivity index (χ3v) is 17.5. The Morgan fingerprint density at radius 1 is 0.349 bits per heavy atom. The molecule has 0 fully saturated rings. The molecule has 0 rings (SSSR count). The maximum absolute atomic E-state index is 13.0. The van der Waals surface area contributed by atoms with E-state index in [0.29, 0.717) is 17.4 Å². The molecule has 0 spiro atoms. The topological polar surface area (TPSA) is 111 Å². The van der Waals surface area contributed by atoms with Crippen molar-refractivity contribution in [2.45, 2.75) is 405 Å². The number of aliphatic carboxylic acids is 1. The number of rotatable bonds is 72. The van der Waals surface area contributed by atoms with Gasteiger partial charge in [-0.05, 0) is 44.9 Å². The number of ether oxygens (including phenoxy) is 4. The number of hydrogen-bond acceptors (Lipinski definition) is 8. The lowest BCUT2D eigenvalue weighted by molar-refractivity contribution is -0.870. The predicted octanol–water partition coefficient (Wildman–Crippen LogP) is 22.4. The fraction of sp³-hybridized carbons (Fsp3) is 0.909. The number of carboxylic acids is 1. The summed E-state index contributed by atoms with van der Waals surface area (Å²) in [7, 11) is 5.95. The number of quaternary nitrogens is 1. The standard InChI is InChI=1S/C77H147NO8/c1-6-8-10-12-14-16-18-20-22-24-26-28-30-32-33-34-35-36-37-38-39-40-41-42-43-44-46-48-50-52-54-56-58-60-62-64-66-68-75(80)86-73(72-85-77(76(81)82)83-70-69-78(3,4)5)71-84-74(79)67-65-63-61-59-57-55-53-51-49-47-45-31-29-27-25-23-21-19-17-15-13-11-9-7-2/h18,20,24,26,73,77H,6-17,19,21-23,25,27-72H2,1-5H3/b20-18-,26-24-. The van der Waals surface area contributed by atoms with E-state index in [1.165, 1.54) is 321 Å². The van der Waals surface area contributed by atoms with E-state index in [1.807, 2.05) is 21.1 Å². The largest absolute Gasteiger partial charge is 0.545 e. The highest BCUT2D eigenvalue weighted by atomic mass is 16.7. The van der Waals surface area contributed by atoms with E-state index in [9.17, 15) is 19.5 Å². The smallest absolute Gasteiger partial charge is 0.306 e. The van der Waals surface area contributed by atoms with Crippen LogP contribution >= 0.6 is 0 Å². The third kappa shape index (κ3) is 69.2. The molecule has 9 nitrogen and oxygen atoms in total. The SMILES string of the molecule is CCCCCCC/C=C\C/C=C\CCCCCCCCCCCCCCCCCCCCCCCCCCCC(=O)OC(COC(=O)CCCCCCCCCCCCCCCCCCCCCCCCCC)COC(OCC[N+](C)(C)C)C(=O)[O-]. The van der Waals surface area contributed by atoms with Crippen LogP contribution in [0.15, 0.2) is 24.3 Å². The number of allylic oxidation sites excluding steroid dienone is 4. The van der Waals surface area contributed by atoms with Crippen molar-refractivity contribution >= 4 is 17.9 Å². The highest BCUT2D eigenvalue weighted by molar-refractivity contribution is 5.70. The zero-order valence-electron chi connectivity index (χ0n) is 58.2. The van der Waals surface area contributed by atoms with Gasteiger partial charge < -0.3 is 33.3 Å². The van der Waals surface area contributed by atoms with E-state index in [4.69, 9.17) is 18.9 Å². The molecule has 0 aliphatic rings. The summed E-state index contributed by atoms with van der Waals surface area (Å²) >= 11 is 0. The van der Waals surface area contributed by atoms with Crippen LogP contribution < -0.4 is 5.11 Å². The molecule has 0 aromatic rings. The van der Waals surface area contributed by atoms with Gasteiger partial charge in [-0.2, -0.15) is 0 Å². The Labute approximate surface area is 535 Å². The molecule has 0 N–H and O–H groups in total. The second-order valence-electron chi connectivity index (χ2n) is 27.3. The van der Waals surface area contributed by atoms with Crippen LogP contribution in [0.2, 0.25) is 0 Å². The fourth-order valence-electron chi connectivity index (χ4n) is 11.6. The molecule has 0 saturated carbocycles. The number of carboxylic acid groups (broad SMARTS) is 1. The van der Waals surface area contributed by atoms with Crippen molar-refractivity contribution in [2.75, 3.05) is 47.5 Å². The molecule has 2 atom stereocenters. The van der Waals surface area contributed by atoms with Gasteiger partial charge >= 0.3 is 11.9 Å². The Hall–Kier alpha value is -2.23. The van der Waals surface area contributed by atoms with E-state index in [1.54, 1.807) is 0 Å². The number of unbranched alkanes of at least 4 members (excludes halogenated alkanes) is 53. The minimum absolute atomic E-state index is 0.152. The molecule has 9 heteroatoms. The van der Waals surface area contributed by atoms with Crippen LogP contribution in [0.3, 0.4) is 0 Å². The van der Waals surface area contributed by atoms with Gasteiger partial charge in [0.2, 0.25) is 0 Å². The van der Waals surface area contributed by atoms with Gasteiger partial charge in [-0.1, -0.05) is 359 Å². The van der Waals surface area contributed by atoms with Gasteiger partial charge in [0.1, 0.15) is 13.2 Å². The van der Waals surface area contributed by atoms with Gasteiger partial charge in [-0.15, -0.1) is 0 Å². The summed E-state index contributed by atoms with van der Waals surface area (Å²) < 4.78 is 22.9. The van der Waals surface area contributed by atoms with E-state index in [2.05, 4.69) is 38.2 Å². The monoisotopic (exact) mass is 1210 g/mol. The Bertz CT molecular complexity index is 1460. The van der Waals surface area contributed by atoms with Gasteiger partial charge in [0, 0.05) is 12.8 Å². The van der Waals surface area contributed by atoms with Crippen molar-refractivity contribution in [2.24, 2.45) is 0 Å². The van der Waals surface area contributed by atoms with Gasteiger partial charge in [-0.25, -0.2) is 0 Å². The second kappa shape index (κ2) is 68.7. The Morgan fingerprint density at radius 2 is 0.628 bits per heavy atom. The molecule has 0 aliphatic heterocycles. The van der Waals surface area contributed by atoms with E-state index in [0.717, 1.165) is 44.9 Å². The van der Waals surface area contributed by atoms with Crippen LogP contribution in [0.25, 0.3) is 0 Å². The van der Waals surface area contributed by atoms with Gasteiger partial charge in [0.25, 0.3) is 0 Å². The number of nitrogens with zero attached hydrogens (tertiary/aromatic N) is 1. The third-order valence-electron chi connectivity index (χ3n) is 17.5. The van der Waals surface area contributed by atoms with Crippen molar-refractivity contribution < 1.29 is 42.9 Å². The summed E-state index contributed by atoms with van der Waals surface area (Å²) in [5.41, 5.74) is 0. The number of carbonyl (C=O) groups excluding carboxylic acids is 3. The Morgan fingerprint density at radius 3 is 0.919 bits per heavy atom. The zero-order chi connectivity index (χ0) is 62.6. The highest BCUT2D eigenvalue weighted by Gasteiger charge is 2.22. The molecule has 508 valence electrons. The van der Waals surface area contributed by atoms with Crippen LogP contribution in [-0.4, -0.2) is 82.3 Å². The molecule has 0 radical (unpaired) electrons. The van der Waals surface area contributed by atoms with Gasteiger partial charge in [-0.3, -0.25) is 9.59 Å². The van der Waals surface area contributed by atoms with Crippen molar-refractivity contribution in [3.63, 3.8) is 0 Å². The number of carbonyl (C=O) groups is 3. The first-order valence-electron chi connectivity index (χ1n) is 38.0. The minimum atomic E-state index is -1.62. The van der Waals surface area contributed by atoms with Crippen LogP contribution in [0.5, 0.6) is 0 Å². The average molecular weight is 1220 g/mol. The maximum atomic E-state index is 13.0. The van der Waals surface area contributed by atoms with Crippen LogP contribution in [0.1, 0.15) is 393 Å². The molecule has 0 heterocycles. The Kier molecular flexibility index (Phi) is 66.9. The molecular formula is C77H147NO8. The average Bonchev–Trinajstić information content (AvgIpc) is 3.64. The first-order chi connectivity index (χ1) is 42.1. The van der Waals surface area contributed by atoms with Crippen molar-refractivity contribution in [3.05, 3.63) is 24.3 Å². The molecular weight excluding hydrogens is 1070 g/mol. The van der Waals surface area contributed by atoms with E-state index >= 15 is 0 Å². The maximum Gasteiger partial charge on any atom is 0.306 e. The second-order valence-corrected chi connectivity index (χ2v) is 27.3. The van der Waals surface area contributed by atoms with Crippen LogP contribution in [0.4, 0.5) is 0 Å². The van der Waals surface area contributed by atoms with Crippen molar-refractivity contribution in [1.29, 1.82) is 0 Å². The molecule has 0 aliphatic carbocycles. The number of esters is 2. The van der Waals surface area contributed by atoms with Gasteiger partial charge in [0.15, 0.2) is 12.4 Å². The summed E-state index contributed by atoms with van der Waals surface area (Å²) in [6.45, 7) is 4.82. The van der Waals surface area contributed by atoms with E-state index < -0.39 is 24.3 Å². The summed E-state index contributed by atoms with van der Waals surface area (Å²) in [5.74, 6) is -2.25. The lowest BCUT2D eigenvalue weighted by Crippen LogP contribution is -2.44. The van der Waals surface area contributed by atoms with Crippen molar-refractivity contribution in [1.82, 2.24) is 0 Å². The first-order valence-corrected chi connectivity index (χ1v) is 38.0. The summed E-state index contributed by atoms with van der Waals surface area (Å²) in [6, 6.07) is 0. The fourth-order valence-corrected chi connectivity index (χ4v) is 11.6. The predicted molar refractivity (Wildman–Crippen MR) is 366 cm³/mol. The highest BCUT2D eigenvalue weighted by Crippen LogP contribution is 2.20. The van der Waals surface area contributed by atoms with Crippen molar-refractivity contribution in [3.8, 4) is 0 Å². The summed E-state index contributed by atoms with van der Waals surface area (Å²) in [4.78, 5) is 37.5. The molecule has 0 aromatic heterocycles. The quantitative estimate of drug-likeness (QED) is 0.0195. The summed E-state index contributed by atoms with van der Waals surface area (Å²) in [5, 5.41) is 11.8. The van der Waals surface area contributed by atoms with E-state index in [-0.39, 0.29) is 32.2 Å². The molecule has 2 unspecified atom stereocenters. The molecule has 0 amide bonds. The zero-order valence-corrected chi connectivity index (χ0v) is 58.2. The normalized spacial score (nSPS) is 12.7. The molecule has 0 bridgehead atoms. The lowest BCUT2D eigenvalue weighted by Gasteiger charge is -2.26.